The molecule has 2 aromatic carbocycles. The second-order valence-electron chi connectivity index (χ2n) is 7.27. The molecule has 5 heteroatoms. The van der Waals surface area contributed by atoms with E-state index in [-0.39, 0.29) is 30.4 Å². The maximum absolute atomic E-state index is 13.0. The minimum absolute atomic E-state index is 0. The van der Waals surface area contributed by atoms with Gasteiger partial charge in [-0.25, -0.2) is 0 Å². The number of hydrogen-bond acceptors (Lipinski definition) is 3. The first-order chi connectivity index (χ1) is 12.7. The minimum Gasteiger partial charge on any atom is -0.491 e. The largest absolute Gasteiger partial charge is 0.491 e. The molecule has 4 rings (SSSR count). The normalized spacial score (nSPS) is 21.7. The first-order valence-corrected chi connectivity index (χ1v) is 9.49. The fraction of sp³-hybridized carbons (Fsp3) is 0.409. The molecule has 1 fully saturated rings. The van der Waals surface area contributed by atoms with E-state index in [1.807, 2.05) is 60.5 Å². The zero-order valence-corrected chi connectivity index (χ0v) is 16.5. The Morgan fingerprint density at radius 2 is 1.74 bits per heavy atom. The predicted octanol–water partition coefficient (Wildman–Crippen LogP) is 3.71. The number of carbonyl (C=O) groups excluding carboxylic acids is 1. The second-order valence-corrected chi connectivity index (χ2v) is 7.27. The van der Waals surface area contributed by atoms with Gasteiger partial charge in [-0.05, 0) is 37.6 Å². The number of fused-ring (bicyclic) bond motifs is 1. The lowest BCUT2D eigenvalue weighted by molar-refractivity contribution is -0.133. The van der Waals surface area contributed by atoms with Gasteiger partial charge in [0.25, 0.3) is 0 Å². The number of ether oxygens (including phenoxy) is 1. The SMILES string of the molecule is CN(C(=O)Cc1ccccc1)[C@H]1c2ccccc2OC[C@@H]1N1CCCC1.Cl. The van der Waals surface area contributed by atoms with Crippen LogP contribution in [-0.4, -0.2) is 48.5 Å². The van der Waals surface area contributed by atoms with Crippen molar-refractivity contribution >= 4 is 18.3 Å². The molecule has 27 heavy (non-hydrogen) atoms. The van der Waals surface area contributed by atoms with Crippen LogP contribution >= 0.6 is 12.4 Å². The molecule has 2 atom stereocenters. The van der Waals surface area contributed by atoms with Gasteiger partial charge in [0.2, 0.25) is 5.91 Å². The molecule has 0 aliphatic carbocycles. The molecule has 2 aromatic rings. The van der Waals surface area contributed by atoms with Crippen molar-refractivity contribution in [2.75, 3.05) is 26.7 Å². The maximum atomic E-state index is 13.0. The van der Waals surface area contributed by atoms with Crippen molar-refractivity contribution in [2.24, 2.45) is 0 Å². The van der Waals surface area contributed by atoms with Crippen LogP contribution in [0.5, 0.6) is 5.75 Å². The van der Waals surface area contributed by atoms with Gasteiger partial charge in [0.05, 0.1) is 18.5 Å². The first kappa shape index (κ1) is 19.7. The van der Waals surface area contributed by atoms with Crippen LogP contribution < -0.4 is 4.74 Å². The number of para-hydroxylation sites is 1. The molecule has 1 saturated heterocycles. The highest BCUT2D eigenvalue weighted by Crippen LogP contribution is 2.38. The highest BCUT2D eigenvalue weighted by molar-refractivity contribution is 5.85. The minimum atomic E-state index is 0. The van der Waals surface area contributed by atoms with E-state index in [9.17, 15) is 4.79 Å². The Kier molecular flexibility index (Phi) is 6.40. The Balaban J connectivity index is 0.00000210. The molecule has 144 valence electrons. The molecule has 2 heterocycles. The molecule has 0 radical (unpaired) electrons. The van der Waals surface area contributed by atoms with Crippen molar-refractivity contribution in [2.45, 2.75) is 31.3 Å². The Hall–Kier alpha value is -2.04. The number of likely N-dealkylation sites (N-methyl/N-ethyl adjacent to an activating group) is 1. The smallest absolute Gasteiger partial charge is 0.227 e. The molecule has 0 spiro atoms. The molecule has 4 nitrogen and oxygen atoms in total. The Morgan fingerprint density at radius 3 is 2.48 bits per heavy atom. The summed E-state index contributed by atoms with van der Waals surface area (Å²) in [6.45, 7) is 2.82. The first-order valence-electron chi connectivity index (χ1n) is 9.49. The number of amides is 1. The predicted molar refractivity (Wildman–Crippen MR) is 109 cm³/mol. The third-order valence-corrected chi connectivity index (χ3v) is 5.63. The van der Waals surface area contributed by atoms with Crippen molar-refractivity contribution in [1.29, 1.82) is 0 Å². The van der Waals surface area contributed by atoms with Crippen molar-refractivity contribution in [1.82, 2.24) is 9.80 Å². The van der Waals surface area contributed by atoms with Crippen LogP contribution in [-0.2, 0) is 11.2 Å². The summed E-state index contributed by atoms with van der Waals surface area (Å²) in [6.07, 6.45) is 2.89. The van der Waals surface area contributed by atoms with E-state index >= 15 is 0 Å². The Labute approximate surface area is 167 Å². The van der Waals surface area contributed by atoms with Crippen LogP contribution in [0.15, 0.2) is 54.6 Å². The maximum Gasteiger partial charge on any atom is 0.227 e. The Bertz CT molecular complexity index is 762. The quantitative estimate of drug-likeness (QED) is 0.803. The van der Waals surface area contributed by atoms with E-state index in [1.165, 1.54) is 12.8 Å². The number of benzene rings is 2. The second kappa shape index (κ2) is 8.77. The summed E-state index contributed by atoms with van der Waals surface area (Å²) in [5, 5.41) is 0. The van der Waals surface area contributed by atoms with Crippen LogP contribution in [0.4, 0.5) is 0 Å². The van der Waals surface area contributed by atoms with Gasteiger partial charge in [0.15, 0.2) is 0 Å². The zero-order valence-electron chi connectivity index (χ0n) is 15.7. The van der Waals surface area contributed by atoms with Crippen LogP contribution in [0.2, 0.25) is 0 Å². The van der Waals surface area contributed by atoms with E-state index in [1.54, 1.807) is 0 Å². The molecule has 0 unspecified atom stereocenters. The number of hydrogen-bond donors (Lipinski definition) is 0. The molecular weight excluding hydrogens is 360 g/mol. The summed E-state index contributed by atoms with van der Waals surface area (Å²) in [7, 11) is 1.95. The van der Waals surface area contributed by atoms with Gasteiger partial charge in [0.1, 0.15) is 12.4 Å². The standard InChI is InChI=1S/C22H26N2O2.ClH/c1-23(21(25)15-17-9-3-2-4-10-17)22-18-11-5-6-12-20(18)26-16-19(22)24-13-7-8-14-24;/h2-6,9-12,19,22H,7-8,13-16H2,1H3;1H/t19-,22-;/m0./s1. The van der Waals surface area contributed by atoms with Gasteiger partial charge in [-0.3, -0.25) is 9.69 Å². The summed E-state index contributed by atoms with van der Waals surface area (Å²) < 4.78 is 6.05. The summed E-state index contributed by atoms with van der Waals surface area (Å²) in [6, 6.07) is 18.4. The molecule has 0 saturated carbocycles. The molecule has 0 N–H and O–H groups in total. The summed E-state index contributed by atoms with van der Waals surface area (Å²) >= 11 is 0. The highest BCUT2D eigenvalue weighted by Gasteiger charge is 2.39. The summed E-state index contributed by atoms with van der Waals surface area (Å²) in [5.74, 6) is 1.06. The van der Waals surface area contributed by atoms with Crippen molar-refractivity contribution < 1.29 is 9.53 Å². The number of nitrogens with zero attached hydrogens (tertiary/aromatic N) is 2. The number of halogens is 1. The van der Waals surface area contributed by atoms with E-state index in [0.717, 1.165) is 30.0 Å². The van der Waals surface area contributed by atoms with E-state index < -0.39 is 0 Å². The number of carbonyl (C=O) groups is 1. The van der Waals surface area contributed by atoms with Gasteiger partial charge in [-0.2, -0.15) is 0 Å². The van der Waals surface area contributed by atoms with Crippen LogP contribution in [0, 0.1) is 0 Å². The number of rotatable bonds is 4. The third kappa shape index (κ3) is 4.12. The van der Waals surface area contributed by atoms with Gasteiger partial charge in [0, 0.05) is 12.6 Å². The van der Waals surface area contributed by atoms with Crippen LogP contribution in [0.1, 0.15) is 30.0 Å². The van der Waals surface area contributed by atoms with Gasteiger partial charge in [-0.1, -0.05) is 48.5 Å². The molecule has 0 bridgehead atoms. The average molecular weight is 387 g/mol. The van der Waals surface area contributed by atoms with Crippen LogP contribution in [0.25, 0.3) is 0 Å². The molecule has 0 aromatic heterocycles. The molecule has 2 aliphatic rings. The lowest BCUT2D eigenvalue weighted by Gasteiger charge is -2.43. The molecule has 2 aliphatic heterocycles. The molecule has 1 amide bonds. The summed E-state index contributed by atoms with van der Waals surface area (Å²) in [4.78, 5) is 17.5. The lowest BCUT2D eigenvalue weighted by atomic mass is 9.93. The van der Waals surface area contributed by atoms with E-state index in [4.69, 9.17) is 4.74 Å². The Morgan fingerprint density at radius 1 is 1.07 bits per heavy atom. The van der Waals surface area contributed by atoms with Gasteiger partial charge >= 0.3 is 0 Å². The average Bonchev–Trinajstić information content (AvgIpc) is 3.22. The lowest BCUT2D eigenvalue weighted by Crippen LogP contribution is -2.51. The number of likely N-dealkylation sites (tertiary alicyclic amines) is 1. The van der Waals surface area contributed by atoms with Crippen molar-refractivity contribution in [3.05, 3.63) is 65.7 Å². The van der Waals surface area contributed by atoms with Gasteiger partial charge in [-0.15, -0.1) is 12.4 Å². The fourth-order valence-electron chi connectivity index (χ4n) is 4.23. The molecular formula is C22H27ClN2O2. The van der Waals surface area contributed by atoms with E-state index in [2.05, 4.69) is 11.0 Å². The summed E-state index contributed by atoms with van der Waals surface area (Å²) in [5.41, 5.74) is 2.18. The third-order valence-electron chi connectivity index (χ3n) is 5.63. The van der Waals surface area contributed by atoms with Gasteiger partial charge < -0.3 is 9.64 Å². The van der Waals surface area contributed by atoms with Crippen molar-refractivity contribution in [3.63, 3.8) is 0 Å². The zero-order chi connectivity index (χ0) is 17.9. The topological polar surface area (TPSA) is 32.8 Å². The highest BCUT2D eigenvalue weighted by atomic mass is 35.5. The van der Waals surface area contributed by atoms with Crippen LogP contribution in [0.3, 0.4) is 0 Å². The monoisotopic (exact) mass is 386 g/mol. The fourth-order valence-corrected chi connectivity index (χ4v) is 4.23. The van der Waals surface area contributed by atoms with Crippen molar-refractivity contribution in [3.8, 4) is 5.75 Å². The van der Waals surface area contributed by atoms with E-state index in [0.29, 0.717) is 13.0 Å².